The molecule has 0 spiro atoms. The molecule has 0 amide bonds. The highest BCUT2D eigenvalue weighted by Crippen LogP contribution is 2.26. The molecule has 0 heterocycles. The van der Waals surface area contributed by atoms with E-state index in [2.05, 4.69) is 5.32 Å². The van der Waals surface area contributed by atoms with Gasteiger partial charge in [-0.1, -0.05) is 11.6 Å². The molecule has 0 atom stereocenters. The number of nitrogen functional groups attached to an aromatic ring is 1. The van der Waals surface area contributed by atoms with Gasteiger partial charge in [0.1, 0.15) is 0 Å². The van der Waals surface area contributed by atoms with Crippen LogP contribution in [0.2, 0.25) is 5.02 Å². The molecule has 0 radical (unpaired) electrons. The van der Waals surface area contributed by atoms with Crippen molar-refractivity contribution in [3.05, 3.63) is 22.7 Å². The van der Waals surface area contributed by atoms with E-state index in [-0.39, 0.29) is 19.3 Å². The maximum Gasteiger partial charge on any atom is 0.0723 e. The zero-order valence-electron chi connectivity index (χ0n) is 8.50. The molecule has 0 aliphatic carbocycles. The van der Waals surface area contributed by atoms with Gasteiger partial charge in [-0.25, -0.2) is 0 Å². The summed E-state index contributed by atoms with van der Waals surface area (Å²) in [5.74, 6) is 0. The molecule has 0 aliphatic rings. The molecule has 0 saturated heterocycles. The summed E-state index contributed by atoms with van der Waals surface area (Å²) >= 11 is 5.87. The topological polar surface area (TPSA) is 78.5 Å². The first kappa shape index (κ1) is 12.1. The smallest absolute Gasteiger partial charge is 0.0723 e. The number of rotatable bonds is 4. The zero-order chi connectivity index (χ0) is 11.4. The standard InChI is InChI=1S/C10H15ClN2O2/c1-6-2-9(12)8(11)3-10(6)13-7(4-14)5-15/h2-3,7,13-15H,4-5,12H2,1H3. The second-order valence-corrected chi connectivity index (χ2v) is 3.80. The molecular formula is C10H15ClN2O2. The minimum Gasteiger partial charge on any atom is -0.398 e. The third-order valence-corrected chi connectivity index (χ3v) is 2.47. The van der Waals surface area contributed by atoms with E-state index in [0.29, 0.717) is 10.7 Å². The largest absolute Gasteiger partial charge is 0.398 e. The average Bonchev–Trinajstić information content (AvgIpc) is 2.21. The fourth-order valence-electron chi connectivity index (χ4n) is 1.23. The van der Waals surface area contributed by atoms with Crippen LogP contribution in [0.15, 0.2) is 12.1 Å². The highest BCUT2D eigenvalue weighted by atomic mass is 35.5. The molecular weight excluding hydrogens is 216 g/mol. The van der Waals surface area contributed by atoms with E-state index in [1.54, 1.807) is 12.1 Å². The summed E-state index contributed by atoms with van der Waals surface area (Å²) in [5.41, 5.74) is 7.83. The SMILES string of the molecule is Cc1cc(N)c(Cl)cc1NC(CO)CO. The second kappa shape index (κ2) is 5.21. The number of nitrogens with two attached hydrogens (primary N) is 1. The molecule has 0 fully saturated rings. The number of halogens is 1. The molecule has 0 bridgehead atoms. The van der Waals surface area contributed by atoms with Crippen molar-refractivity contribution >= 4 is 23.0 Å². The number of anilines is 2. The maximum atomic E-state index is 8.92. The predicted molar refractivity (Wildman–Crippen MR) is 62.2 cm³/mol. The maximum absolute atomic E-state index is 8.92. The molecule has 0 aromatic heterocycles. The first-order chi connectivity index (χ1) is 7.08. The van der Waals surface area contributed by atoms with E-state index in [0.717, 1.165) is 11.3 Å². The van der Waals surface area contributed by atoms with Crippen LogP contribution >= 0.6 is 11.6 Å². The van der Waals surface area contributed by atoms with Crippen LogP contribution in [-0.2, 0) is 0 Å². The lowest BCUT2D eigenvalue weighted by atomic mass is 10.1. The lowest BCUT2D eigenvalue weighted by Crippen LogP contribution is -2.28. The lowest BCUT2D eigenvalue weighted by molar-refractivity contribution is 0.204. The molecule has 0 aliphatic heterocycles. The summed E-state index contributed by atoms with van der Waals surface area (Å²) in [6.07, 6.45) is 0. The van der Waals surface area contributed by atoms with Crippen LogP contribution in [0, 0.1) is 6.92 Å². The zero-order valence-corrected chi connectivity index (χ0v) is 9.25. The van der Waals surface area contributed by atoms with E-state index >= 15 is 0 Å². The molecule has 15 heavy (non-hydrogen) atoms. The number of hydrogen-bond donors (Lipinski definition) is 4. The molecule has 0 unspecified atom stereocenters. The van der Waals surface area contributed by atoms with Crippen molar-refractivity contribution in [2.45, 2.75) is 13.0 Å². The van der Waals surface area contributed by atoms with Gasteiger partial charge in [0.2, 0.25) is 0 Å². The number of nitrogens with one attached hydrogen (secondary N) is 1. The Balaban J connectivity index is 2.89. The minimum absolute atomic E-state index is 0.141. The molecule has 1 aromatic carbocycles. The molecule has 5 heteroatoms. The summed E-state index contributed by atoms with van der Waals surface area (Å²) in [5, 5.41) is 21.3. The molecule has 1 rings (SSSR count). The number of aliphatic hydroxyl groups is 2. The van der Waals surface area contributed by atoms with Gasteiger partial charge in [0, 0.05) is 5.69 Å². The Kier molecular flexibility index (Phi) is 4.20. The highest BCUT2D eigenvalue weighted by Gasteiger charge is 2.08. The van der Waals surface area contributed by atoms with Gasteiger partial charge in [0.25, 0.3) is 0 Å². The predicted octanol–water partition coefficient (Wildman–Crippen LogP) is 0.996. The third-order valence-electron chi connectivity index (χ3n) is 2.14. The Morgan fingerprint density at radius 2 is 2.00 bits per heavy atom. The Morgan fingerprint density at radius 1 is 1.40 bits per heavy atom. The molecule has 84 valence electrons. The first-order valence-electron chi connectivity index (χ1n) is 4.62. The van der Waals surface area contributed by atoms with Gasteiger partial charge >= 0.3 is 0 Å². The van der Waals surface area contributed by atoms with E-state index in [1.807, 2.05) is 6.92 Å². The van der Waals surface area contributed by atoms with Gasteiger partial charge in [-0.05, 0) is 24.6 Å². The lowest BCUT2D eigenvalue weighted by Gasteiger charge is -2.17. The minimum atomic E-state index is -0.386. The molecule has 4 nitrogen and oxygen atoms in total. The molecule has 5 N–H and O–H groups in total. The van der Waals surface area contributed by atoms with Gasteiger partial charge < -0.3 is 21.3 Å². The average molecular weight is 231 g/mol. The Bertz CT molecular complexity index is 340. The van der Waals surface area contributed by atoms with Crippen molar-refractivity contribution in [1.82, 2.24) is 0 Å². The summed E-state index contributed by atoms with van der Waals surface area (Å²) in [7, 11) is 0. The number of benzene rings is 1. The summed E-state index contributed by atoms with van der Waals surface area (Å²) in [4.78, 5) is 0. The normalized spacial score (nSPS) is 10.7. The fourth-order valence-corrected chi connectivity index (χ4v) is 1.39. The van der Waals surface area contributed by atoms with E-state index in [1.165, 1.54) is 0 Å². The fraction of sp³-hybridized carbons (Fsp3) is 0.400. The van der Waals surface area contributed by atoms with Crippen LogP contribution in [0.25, 0.3) is 0 Å². The summed E-state index contributed by atoms with van der Waals surface area (Å²) in [6, 6.07) is 3.05. The van der Waals surface area contributed by atoms with Gasteiger partial charge in [0.05, 0.1) is 30.0 Å². The number of hydrogen-bond acceptors (Lipinski definition) is 4. The second-order valence-electron chi connectivity index (χ2n) is 3.40. The number of aliphatic hydroxyl groups excluding tert-OH is 2. The van der Waals surface area contributed by atoms with Crippen molar-refractivity contribution in [1.29, 1.82) is 0 Å². The van der Waals surface area contributed by atoms with E-state index in [9.17, 15) is 0 Å². The molecule has 1 aromatic rings. The van der Waals surface area contributed by atoms with Crippen LogP contribution in [0.4, 0.5) is 11.4 Å². The van der Waals surface area contributed by atoms with Gasteiger partial charge in [-0.15, -0.1) is 0 Å². The van der Waals surface area contributed by atoms with Gasteiger partial charge in [0.15, 0.2) is 0 Å². The Labute approximate surface area is 93.7 Å². The van der Waals surface area contributed by atoms with E-state index in [4.69, 9.17) is 27.5 Å². The quantitative estimate of drug-likeness (QED) is 0.582. The first-order valence-corrected chi connectivity index (χ1v) is 5.00. The van der Waals surface area contributed by atoms with Crippen molar-refractivity contribution < 1.29 is 10.2 Å². The van der Waals surface area contributed by atoms with Crippen LogP contribution in [0.1, 0.15) is 5.56 Å². The summed E-state index contributed by atoms with van der Waals surface area (Å²) < 4.78 is 0. The van der Waals surface area contributed by atoms with Gasteiger partial charge in [-0.2, -0.15) is 0 Å². The van der Waals surface area contributed by atoms with Crippen LogP contribution in [-0.4, -0.2) is 29.5 Å². The Morgan fingerprint density at radius 3 is 2.53 bits per heavy atom. The van der Waals surface area contributed by atoms with E-state index < -0.39 is 0 Å². The third kappa shape index (κ3) is 2.99. The van der Waals surface area contributed by atoms with Crippen LogP contribution in [0.3, 0.4) is 0 Å². The van der Waals surface area contributed by atoms with Crippen molar-refractivity contribution in [2.24, 2.45) is 0 Å². The van der Waals surface area contributed by atoms with Crippen molar-refractivity contribution in [3.63, 3.8) is 0 Å². The van der Waals surface area contributed by atoms with Crippen LogP contribution in [0.5, 0.6) is 0 Å². The number of aryl methyl sites for hydroxylation is 1. The van der Waals surface area contributed by atoms with Crippen molar-refractivity contribution in [3.8, 4) is 0 Å². The van der Waals surface area contributed by atoms with Gasteiger partial charge in [-0.3, -0.25) is 0 Å². The Hall–Kier alpha value is -0.970. The molecule has 0 saturated carbocycles. The summed E-state index contributed by atoms with van der Waals surface area (Å²) in [6.45, 7) is 1.59. The monoisotopic (exact) mass is 230 g/mol. The van der Waals surface area contributed by atoms with Crippen molar-refractivity contribution in [2.75, 3.05) is 24.3 Å². The highest BCUT2D eigenvalue weighted by molar-refractivity contribution is 6.33. The van der Waals surface area contributed by atoms with Crippen LogP contribution < -0.4 is 11.1 Å².